The number of carbonyl (C=O) groups excluding carboxylic acids is 1. The van der Waals surface area contributed by atoms with Crippen LogP contribution in [0.2, 0.25) is 0 Å². The molecule has 4 heteroatoms. The number of hydrogen-bond donors (Lipinski definition) is 1. The second-order valence-electron chi connectivity index (χ2n) is 5.03. The van der Waals surface area contributed by atoms with Gasteiger partial charge < -0.3 is 15.0 Å². The quantitative estimate of drug-likeness (QED) is 0.759. The Labute approximate surface area is 92.0 Å². The van der Waals surface area contributed by atoms with Gasteiger partial charge in [0.2, 0.25) is 0 Å². The highest BCUT2D eigenvalue weighted by atomic mass is 16.6. The molecule has 1 N–H and O–H groups in total. The Balaban J connectivity index is 2.51. The molecule has 88 valence electrons. The van der Waals surface area contributed by atoms with E-state index in [1.54, 1.807) is 0 Å². The first-order valence-electron chi connectivity index (χ1n) is 5.58. The molecule has 0 aliphatic carbocycles. The molecule has 1 rings (SSSR count). The van der Waals surface area contributed by atoms with Gasteiger partial charge in [-0.3, -0.25) is 0 Å². The lowest BCUT2D eigenvalue weighted by molar-refractivity contribution is 0.0228. The van der Waals surface area contributed by atoms with Crippen LogP contribution in [-0.4, -0.2) is 42.8 Å². The van der Waals surface area contributed by atoms with Gasteiger partial charge in [0.25, 0.3) is 0 Å². The van der Waals surface area contributed by atoms with Crippen LogP contribution in [0.25, 0.3) is 0 Å². The van der Waals surface area contributed by atoms with E-state index in [-0.39, 0.29) is 6.09 Å². The van der Waals surface area contributed by atoms with Crippen LogP contribution in [0.3, 0.4) is 0 Å². The molecular weight excluding hydrogens is 192 g/mol. The van der Waals surface area contributed by atoms with Crippen molar-refractivity contribution in [2.75, 3.05) is 20.1 Å². The molecular formula is C11H22N2O2. The second kappa shape index (κ2) is 4.84. The normalized spacial score (nSPS) is 21.9. The third-order valence-corrected chi connectivity index (χ3v) is 2.44. The summed E-state index contributed by atoms with van der Waals surface area (Å²) in [6.45, 7) is 7.36. The topological polar surface area (TPSA) is 41.6 Å². The number of hydrogen-bond acceptors (Lipinski definition) is 3. The summed E-state index contributed by atoms with van der Waals surface area (Å²) in [5, 5.41) is 3.11. The third kappa shape index (κ3) is 3.70. The Morgan fingerprint density at radius 2 is 2.20 bits per heavy atom. The molecule has 4 nitrogen and oxygen atoms in total. The summed E-state index contributed by atoms with van der Waals surface area (Å²) in [5.41, 5.74) is -0.399. The minimum absolute atomic E-state index is 0.180. The van der Waals surface area contributed by atoms with Crippen molar-refractivity contribution in [2.45, 2.75) is 45.3 Å². The first kappa shape index (κ1) is 12.3. The molecule has 1 saturated heterocycles. The van der Waals surface area contributed by atoms with Crippen molar-refractivity contribution in [2.24, 2.45) is 0 Å². The van der Waals surface area contributed by atoms with Gasteiger partial charge in [0.05, 0.1) is 0 Å². The number of amides is 1. The Hall–Kier alpha value is -0.770. The van der Waals surface area contributed by atoms with Gasteiger partial charge >= 0.3 is 6.09 Å². The van der Waals surface area contributed by atoms with Crippen LogP contribution in [0, 0.1) is 0 Å². The van der Waals surface area contributed by atoms with Gasteiger partial charge in [-0.05, 0) is 40.7 Å². The average Bonchev–Trinajstić information content (AvgIpc) is 2.49. The largest absolute Gasteiger partial charge is 0.444 e. The van der Waals surface area contributed by atoms with Crippen molar-refractivity contribution >= 4 is 6.09 Å². The fourth-order valence-corrected chi connectivity index (χ4v) is 1.84. The summed E-state index contributed by atoms with van der Waals surface area (Å²) in [6, 6.07) is 0.296. The summed E-state index contributed by atoms with van der Waals surface area (Å²) < 4.78 is 5.36. The third-order valence-electron chi connectivity index (χ3n) is 2.44. The molecule has 0 aromatic heterocycles. The number of likely N-dealkylation sites (N-methyl/N-ethyl adjacent to an activating group) is 1. The average molecular weight is 214 g/mol. The number of carbonyl (C=O) groups is 1. The summed E-state index contributed by atoms with van der Waals surface area (Å²) in [6.07, 6.45) is 1.96. The van der Waals surface area contributed by atoms with Gasteiger partial charge in [0.1, 0.15) is 5.60 Å². The summed E-state index contributed by atoms with van der Waals surface area (Å²) in [5.74, 6) is 0. The van der Waals surface area contributed by atoms with E-state index in [4.69, 9.17) is 4.74 Å². The maximum Gasteiger partial charge on any atom is 0.410 e. The second-order valence-corrected chi connectivity index (χ2v) is 5.03. The molecule has 1 amide bonds. The summed E-state index contributed by atoms with van der Waals surface area (Å²) >= 11 is 0. The highest BCUT2D eigenvalue weighted by Crippen LogP contribution is 2.20. The molecule has 1 aliphatic heterocycles. The lowest BCUT2D eigenvalue weighted by Gasteiger charge is -2.28. The lowest BCUT2D eigenvalue weighted by Crippen LogP contribution is -2.43. The van der Waals surface area contributed by atoms with E-state index in [1.807, 2.05) is 32.7 Å². The van der Waals surface area contributed by atoms with Crippen molar-refractivity contribution in [1.29, 1.82) is 0 Å². The minimum Gasteiger partial charge on any atom is -0.444 e. The van der Waals surface area contributed by atoms with Crippen molar-refractivity contribution in [1.82, 2.24) is 10.2 Å². The van der Waals surface area contributed by atoms with Crippen molar-refractivity contribution in [3.05, 3.63) is 0 Å². The molecule has 0 spiro atoms. The van der Waals surface area contributed by atoms with E-state index in [0.29, 0.717) is 6.04 Å². The zero-order valence-corrected chi connectivity index (χ0v) is 10.2. The van der Waals surface area contributed by atoms with E-state index < -0.39 is 5.60 Å². The first-order valence-corrected chi connectivity index (χ1v) is 5.58. The fourth-order valence-electron chi connectivity index (χ4n) is 1.84. The Morgan fingerprint density at radius 1 is 1.53 bits per heavy atom. The molecule has 1 heterocycles. The number of ether oxygens (including phenoxy) is 1. The molecule has 0 bridgehead atoms. The van der Waals surface area contributed by atoms with Gasteiger partial charge in [0.15, 0.2) is 0 Å². The monoisotopic (exact) mass is 214 g/mol. The van der Waals surface area contributed by atoms with E-state index >= 15 is 0 Å². The van der Waals surface area contributed by atoms with Crippen molar-refractivity contribution in [3.63, 3.8) is 0 Å². The van der Waals surface area contributed by atoms with Gasteiger partial charge in [0, 0.05) is 19.1 Å². The summed E-state index contributed by atoms with van der Waals surface area (Å²) in [4.78, 5) is 13.7. The van der Waals surface area contributed by atoms with Crippen LogP contribution in [0.1, 0.15) is 33.6 Å². The predicted molar refractivity (Wildman–Crippen MR) is 59.9 cm³/mol. The van der Waals surface area contributed by atoms with Gasteiger partial charge in [-0.25, -0.2) is 4.79 Å². The maximum atomic E-state index is 11.8. The molecule has 1 aliphatic rings. The van der Waals surface area contributed by atoms with Crippen LogP contribution < -0.4 is 5.32 Å². The van der Waals surface area contributed by atoms with E-state index in [0.717, 1.165) is 25.9 Å². The van der Waals surface area contributed by atoms with Crippen molar-refractivity contribution in [3.8, 4) is 0 Å². The van der Waals surface area contributed by atoms with E-state index in [9.17, 15) is 4.79 Å². The molecule has 1 unspecified atom stereocenters. The predicted octanol–water partition coefficient (Wildman–Crippen LogP) is 1.61. The summed E-state index contributed by atoms with van der Waals surface area (Å²) in [7, 11) is 1.91. The highest BCUT2D eigenvalue weighted by molar-refractivity contribution is 5.69. The van der Waals surface area contributed by atoms with Crippen LogP contribution in [0.15, 0.2) is 0 Å². The zero-order chi connectivity index (χ0) is 11.5. The molecule has 0 radical (unpaired) electrons. The highest BCUT2D eigenvalue weighted by Gasteiger charge is 2.31. The van der Waals surface area contributed by atoms with Crippen molar-refractivity contribution < 1.29 is 9.53 Å². The smallest absolute Gasteiger partial charge is 0.410 e. The molecule has 15 heavy (non-hydrogen) atoms. The molecule has 0 aromatic carbocycles. The maximum absolute atomic E-state index is 11.8. The number of nitrogens with zero attached hydrogens (tertiary/aromatic N) is 1. The standard InChI is InChI=1S/C11H22N2O2/c1-11(2,3)15-10(14)13-7-5-6-9(13)8-12-4/h9,12H,5-8H2,1-4H3. The Morgan fingerprint density at radius 3 is 2.73 bits per heavy atom. The van der Waals surface area contributed by atoms with Crippen LogP contribution in [0.4, 0.5) is 4.79 Å². The molecule has 1 atom stereocenters. The van der Waals surface area contributed by atoms with Gasteiger partial charge in [-0.15, -0.1) is 0 Å². The minimum atomic E-state index is -0.399. The zero-order valence-electron chi connectivity index (χ0n) is 10.2. The Kier molecular flexibility index (Phi) is 3.97. The first-order chi connectivity index (χ1) is 6.94. The lowest BCUT2D eigenvalue weighted by atomic mass is 10.2. The van der Waals surface area contributed by atoms with E-state index in [2.05, 4.69) is 5.32 Å². The van der Waals surface area contributed by atoms with E-state index in [1.165, 1.54) is 0 Å². The molecule has 0 aromatic rings. The van der Waals surface area contributed by atoms with Crippen LogP contribution in [0.5, 0.6) is 0 Å². The van der Waals surface area contributed by atoms with Gasteiger partial charge in [-0.2, -0.15) is 0 Å². The molecule has 0 saturated carbocycles. The SMILES string of the molecule is CNCC1CCCN1C(=O)OC(C)(C)C. The van der Waals surface area contributed by atoms with Crippen LogP contribution in [-0.2, 0) is 4.74 Å². The number of rotatable bonds is 2. The fraction of sp³-hybridized carbons (Fsp3) is 0.909. The Bertz CT molecular complexity index is 223. The van der Waals surface area contributed by atoms with Gasteiger partial charge in [-0.1, -0.05) is 0 Å². The van der Waals surface area contributed by atoms with Crippen LogP contribution >= 0.6 is 0 Å². The number of nitrogens with one attached hydrogen (secondary N) is 1. The number of likely N-dealkylation sites (tertiary alicyclic amines) is 1. The molecule has 1 fully saturated rings.